The molecule has 2 aromatic carbocycles. The number of benzene rings is 2. The van der Waals surface area contributed by atoms with Gasteiger partial charge in [-0.25, -0.2) is 13.1 Å². The van der Waals surface area contributed by atoms with Crippen LogP contribution in [0.5, 0.6) is 0 Å². The van der Waals surface area contributed by atoms with Crippen LogP contribution in [-0.4, -0.2) is 20.4 Å². The molecule has 0 saturated heterocycles. The van der Waals surface area contributed by atoms with Crippen molar-refractivity contribution < 1.29 is 13.2 Å². The molecule has 0 aliphatic heterocycles. The van der Waals surface area contributed by atoms with E-state index in [1.807, 2.05) is 37.3 Å². The molecule has 2 N–H and O–H groups in total. The third kappa shape index (κ3) is 3.66. The lowest BCUT2D eigenvalue weighted by molar-refractivity contribution is -0.114. The molecule has 1 fully saturated rings. The standard InChI is InChI=1S/C18H20N2O3S/c1-12-8-9-15(10-17(12)19-13(2)21)24(22,23)20-18-11-16(18)14-6-4-3-5-7-14/h3-10,16,18,20H,11H2,1-2H3,(H,19,21)/t16-,18+/m0/s1. The number of hydrogen-bond donors (Lipinski definition) is 2. The molecule has 0 aromatic heterocycles. The van der Waals surface area contributed by atoms with Crippen molar-refractivity contribution in [2.24, 2.45) is 0 Å². The van der Waals surface area contributed by atoms with E-state index in [2.05, 4.69) is 10.0 Å². The fraction of sp³-hybridized carbons (Fsp3) is 0.278. The molecule has 126 valence electrons. The van der Waals surface area contributed by atoms with Gasteiger partial charge in [0.15, 0.2) is 0 Å². The van der Waals surface area contributed by atoms with Gasteiger partial charge in [-0.1, -0.05) is 36.4 Å². The van der Waals surface area contributed by atoms with Gasteiger partial charge < -0.3 is 5.32 Å². The summed E-state index contributed by atoms with van der Waals surface area (Å²) in [7, 11) is -3.61. The minimum atomic E-state index is -3.61. The minimum absolute atomic E-state index is 0.0806. The van der Waals surface area contributed by atoms with Crippen molar-refractivity contribution in [3.05, 3.63) is 59.7 Å². The van der Waals surface area contributed by atoms with Gasteiger partial charge in [-0.3, -0.25) is 4.79 Å². The SMILES string of the molecule is CC(=O)Nc1cc(S(=O)(=O)N[C@@H]2C[C@H]2c2ccccc2)ccc1C. The summed E-state index contributed by atoms with van der Waals surface area (Å²) < 4.78 is 27.9. The topological polar surface area (TPSA) is 75.3 Å². The zero-order valence-electron chi connectivity index (χ0n) is 13.6. The first-order chi connectivity index (χ1) is 11.4. The molecule has 5 nitrogen and oxygen atoms in total. The minimum Gasteiger partial charge on any atom is -0.326 e. The van der Waals surface area contributed by atoms with Gasteiger partial charge >= 0.3 is 0 Å². The Kier molecular flexibility index (Phi) is 4.43. The first-order valence-corrected chi connectivity index (χ1v) is 9.30. The summed E-state index contributed by atoms with van der Waals surface area (Å²) in [5.41, 5.74) is 2.48. The van der Waals surface area contributed by atoms with Gasteiger partial charge in [0.2, 0.25) is 15.9 Å². The summed E-state index contributed by atoms with van der Waals surface area (Å²) >= 11 is 0. The van der Waals surface area contributed by atoms with Crippen molar-refractivity contribution >= 4 is 21.6 Å². The predicted octanol–water partition coefficient (Wildman–Crippen LogP) is 2.79. The summed E-state index contributed by atoms with van der Waals surface area (Å²) in [6.45, 7) is 3.22. The third-order valence-electron chi connectivity index (χ3n) is 4.15. The highest BCUT2D eigenvalue weighted by molar-refractivity contribution is 7.89. The Morgan fingerprint density at radius 1 is 1.12 bits per heavy atom. The van der Waals surface area contributed by atoms with Gasteiger partial charge in [-0.15, -0.1) is 0 Å². The molecule has 0 radical (unpaired) electrons. The van der Waals surface area contributed by atoms with Gasteiger partial charge in [0.1, 0.15) is 0 Å². The monoisotopic (exact) mass is 344 g/mol. The van der Waals surface area contributed by atoms with Crippen LogP contribution in [-0.2, 0) is 14.8 Å². The molecule has 6 heteroatoms. The average Bonchev–Trinajstić information content (AvgIpc) is 3.28. The number of hydrogen-bond acceptors (Lipinski definition) is 3. The van der Waals surface area contributed by atoms with Crippen LogP contribution < -0.4 is 10.0 Å². The highest BCUT2D eigenvalue weighted by Gasteiger charge is 2.41. The van der Waals surface area contributed by atoms with Gasteiger partial charge in [-0.05, 0) is 36.6 Å². The van der Waals surface area contributed by atoms with E-state index in [-0.39, 0.29) is 22.8 Å². The number of amides is 1. The number of anilines is 1. The van der Waals surface area contributed by atoms with Crippen LogP contribution in [0.1, 0.15) is 30.4 Å². The van der Waals surface area contributed by atoms with E-state index in [0.29, 0.717) is 5.69 Å². The first-order valence-electron chi connectivity index (χ1n) is 7.82. The second-order valence-electron chi connectivity index (χ2n) is 6.14. The van der Waals surface area contributed by atoms with E-state index in [1.54, 1.807) is 12.1 Å². The lowest BCUT2D eigenvalue weighted by atomic mass is 10.1. The molecule has 2 aromatic rings. The van der Waals surface area contributed by atoms with Gasteiger partial charge in [-0.2, -0.15) is 0 Å². The van der Waals surface area contributed by atoms with Crippen LogP contribution in [0.25, 0.3) is 0 Å². The number of carbonyl (C=O) groups excluding carboxylic acids is 1. The number of aryl methyl sites for hydroxylation is 1. The molecule has 0 unspecified atom stereocenters. The second kappa shape index (κ2) is 6.37. The van der Waals surface area contributed by atoms with Gasteiger partial charge in [0.25, 0.3) is 0 Å². The summed E-state index contributed by atoms with van der Waals surface area (Å²) in [6.07, 6.45) is 0.799. The van der Waals surface area contributed by atoms with Crippen molar-refractivity contribution in [1.82, 2.24) is 4.72 Å². The Balaban J connectivity index is 1.76. The zero-order valence-corrected chi connectivity index (χ0v) is 14.4. The second-order valence-corrected chi connectivity index (χ2v) is 7.85. The number of nitrogens with one attached hydrogen (secondary N) is 2. The van der Waals surface area contributed by atoms with Gasteiger partial charge in [0.05, 0.1) is 4.90 Å². The maximum atomic E-state index is 12.6. The Morgan fingerprint density at radius 2 is 1.83 bits per heavy atom. The van der Waals surface area contributed by atoms with E-state index in [1.165, 1.54) is 13.0 Å². The molecule has 2 atom stereocenters. The maximum absolute atomic E-state index is 12.6. The fourth-order valence-corrected chi connectivity index (χ4v) is 4.07. The molecule has 1 aliphatic carbocycles. The van der Waals surface area contributed by atoms with E-state index >= 15 is 0 Å². The molecule has 1 aliphatic rings. The van der Waals surface area contributed by atoms with E-state index in [9.17, 15) is 13.2 Å². The van der Waals surface area contributed by atoms with Crippen LogP contribution in [0.2, 0.25) is 0 Å². The molecular formula is C18H20N2O3S. The number of sulfonamides is 1. The largest absolute Gasteiger partial charge is 0.326 e. The maximum Gasteiger partial charge on any atom is 0.240 e. The summed E-state index contributed by atoms with van der Waals surface area (Å²) in [5, 5.41) is 2.66. The molecule has 1 amide bonds. The molecule has 1 saturated carbocycles. The molecule has 3 rings (SSSR count). The predicted molar refractivity (Wildman–Crippen MR) is 93.4 cm³/mol. The Bertz CT molecular complexity index is 863. The van der Waals surface area contributed by atoms with Crippen LogP contribution in [0.3, 0.4) is 0 Å². The van der Waals surface area contributed by atoms with Crippen LogP contribution in [0.15, 0.2) is 53.4 Å². The highest BCUT2D eigenvalue weighted by atomic mass is 32.2. The molecule has 24 heavy (non-hydrogen) atoms. The lowest BCUT2D eigenvalue weighted by Crippen LogP contribution is -2.27. The quantitative estimate of drug-likeness (QED) is 0.876. The van der Waals surface area contributed by atoms with Crippen molar-refractivity contribution in [1.29, 1.82) is 0 Å². The normalized spacial score (nSPS) is 19.8. The molecule has 0 spiro atoms. The highest BCUT2D eigenvalue weighted by Crippen LogP contribution is 2.41. The molecular weight excluding hydrogens is 324 g/mol. The average molecular weight is 344 g/mol. The number of carbonyl (C=O) groups is 1. The Hall–Kier alpha value is -2.18. The van der Waals surface area contributed by atoms with E-state index in [4.69, 9.17) is 0 Å². The van der Waals surface area contributed by atoms with Gasteiger partial charge in [0, 0.05) is 24.6 Å². The summed E-state index contributed by atoms with van der Waals surface area (Å²) in [4.78, 5) is 11.4. The fourth-order valence-electron chi connectivity index (χ4n) is 2.75. The van der Waals surface area contributed by atoms with E-state index < -0.39 is 10.0 Å². The molecule has 0 bridgehead atoms. The Morgan fingerprint density at radius 3 is 2.50 bits per heavy atom. The smallest absolute Gasteiger partial charge is 0.240 e. The van der Waals surface area contributed by atoms with Crippen molar-refractivity contribution in [3.8, 4) is 0 Å². The summed E-state index contributed by atoms with van der Waals surface area (Å²) in [5.74, 6) is -0.00631. The first kappa shape index (κ1) is 16.7. The Labute approximate surface area is 142 Å². The van der Waals surface area contributed by atoms with Crippen molar-refractivity contribution in [2.45, 2.75) is 37.1 Å². The van der Waals surface area contributed by atoms with Crippen molar-refractivity contribution in [3.63, 3.8) is 0 Å². The van der Waals surface area contributed by atoms with Crippen molar-refractivity contribution in [2.75, 3.05) is 5.32 Å². The third-order valence-corrected chi connectivity index (χ3v) is 5.64. The van der Waals surface area contributed by atoms with E-state index in [0.717, 1.165) is 17.5 Å². The molecule has 0 heterocycles. The van der Waals surface area contributed by atoms with Crippen LogP contribution in [0.4, 0.5) is 5.69 Å². The van der Waals surface area contributed by atoms with Crippen LogP contribution >= 0.6 is 0 Å². The summed E-state index contributed by atoms with van der Waals surface area (Å²) in [6, 6.07) is 14.6. The lowest BCUT2D eigenvalue weighted by Gasteiger charge is -2.11. The number of rotatable bonds is 5. The zero-order chi connectivity index (χ0) is 17.3. The van der Waals surface area contributed by atoms with Crippen LogP contribution in [0, 0.1) is 6.92 Å².